The van der Waals surface area contributed by atoms with Crippen LogP contribution >= 0.6 is 31.9 Å². The molecule has 0 aliphatic heterocycles. The highest BCUT2D eigenvalue weighted by Crippen LogP contribution is 2.28. The van der Waals surface area contributed by atoms with Gasteiger partial charge in [-0.2, -0.15) is 0 Å². The third-order valence-corrected chi connectivity index (χ3v) is 4.08. The molecule has 0 radical (unpaired) electrons. The van der Waals surface area contributed by atoms with Gasteiger partial charge < -0.3 is 9.15 Å². The lowest BCUT2D eigenvalue weighted by molar-refractivity contribution is 0.0702. The van der Waals surface area contributed by atoms with Crippen molar-refractivity contribution in [3.05, 3.63) is 62.7 Å². The van der Waals surface area contributed by atoms with Crippen molar-refractivity contribution in [1.29, 1.82) is 0 Å². The van der Waals surface area contributed by atoms with E-state index in [4.69, 9.17) is 9.15 Å². The first kappa shape index (κ1) is 14.4. The van der Waals surface area contributed by atoms with Gasteiger partial charge in [-0.15, -0.1) is 0 Å². The van der Waals surface area contributed by atoms with Crippen molar-refractivity contribution in [1.82, 2.24) is 0 Å². The van der Waals surface area contributed by atoms with Crippen molar-refractivity contribution < 1.29 is 13.9 Å². The van der Waals surface area contributed by atoms with Crippen molar-refractivity contribution in [2.75, 3.05) is 0 Å². The SMILES string of the molecule is Cc1ccc(OC(=O)c2cc3cc(Br)ccc3o2)c(Br)c1. The second kappa shape index (κ2) is 5.66. The van der Waals surface area contributed by atoms with Gasteiger partial charge in [0.25, 0.3) is 0 Å². The van der Waals surface area contributed by atoms with Gasteiger partial charge >= 0.3 is 5.97 Å². The Kier molecular flexibility index (Phi) is 3.87. The van der Waals surface area contributed by atoms with Crippen LogP contribution in [0.1, 0.15) is 16.1 Å². The zero-order valence-corrected chi connectivity index (χ0v) is 14.2. The molecular weight excluding hydrogens is 400 g/mol. The van der Waals surface area contributed by atoms with E-state index in [1.54, 1.807) is 18.2 Å². The average Bonchev–Trinajstić information content (AvgIpc) is 2.85. The minimum absolute atomic E-state index is 0.176. The van der Waals surface area contributed by atoms with E-state index in [-0.39, 0.29) is 5.76 Å². The van der Waals surface area contributed by atoms with Crippen LogP contribution in [0.4, 0.5) is 0 Å². The van der Waals surface area contributed by atoms with E-state index in [1.807, 2.05) is 31.2 Å². The molecular formula is C16H10Br2O3. The second-order valence-corrected chi connectivity index (χ2v) is 6.39. The van der Waals surface area contributed by atoms with Gasteiger partial charge in [0.2, 0.25) is 5.76 Å². The first-order chi connectivity index (χ1) is 10.0. The third-order valence-electron chi connectivity index (χ3n) is 2.97. The molecule has 3 nitrogen and oxygen atoms in total. The number of carbonyl (C=O) groups excluding carboxylic acids is 1. The lowest BCUT2D eigenvalue weighted by atomic mass is 10.2. The first-order valence-corrected chi connectivity index (χ1v) is 7.79. The minimum Gasteiger partial charge on any atom is -0.449 e. The van der Waals surface area contributed by atoms with E-state index in [0.717, 1.165) is 19.9 Å². The lowest BCUT2D eigenvalue weighted by Gasteiger charge is -2.05. The number of halogens is 2. The fraction of sp³-hybridized carbons (Fsp3) is 0.0625. The molecule has 0 saturated heterocycles. The monoisotopic (exact) mass is 408 g/mol. The molecule has 0 amide bonds. The van der Waals surface area contributed by atoms with Crippen molar-refractivity contribution in [3.8, 4) is 5.75 Å². The van der Waals surface area contributed by atoms with Crippen LogP contribution in [-0.2, 0) is 0 Å². The molecule has 0 aliphatic rings. The van der Waals surface area contributed by atoms with E-state index >= 15 is 0 Å². The number of esters is 1. The Morgan fingerprint density at radius 3 is 2.67 bits per heavy atom. The standard InChI is InChI=1S/C16H10Br2O3/c1-9-2-4-14(12(18)6-9)21-16(19)15-8-10-7-11(17)3-5-13(10)20-15/h2-8H,1H3. The molecule has 0 saturated carbocycles. The van der Waals surface area contributed by atoms with Crippen LogP contribution in [0.25, 0.3) is 11.0 Å². The van der Waals surface area contributed by atoms with Crippen molar-refractivity contribution in [2.24, 2.45) is 0 Å². The van der Waals surface area contributed by atoms with Crippen LogP contribution in [0.15, 0.2) is 55.8 Å². The Hall–Kier alpha value is -1.59. The zero-order valence-electron chi connectivity index (χ0n) is 11.0. The molecule has 106 valence electrons. The number of ether oxygens (including phenoxy) is 1. The van der Waals surface area contributed by atoms with E-state index in [0.29, 0.717) is 11.3 Å². The number of aryl methyl sites for hydroxylation is 1. The van der Waals surface area contributed by atoms with Gasteiger partial charge in [-0.25, -0.2) is 4.79 Å². The molecule has 21 heavy (non-hydrogen) atoms. The van der Waals surface area contributed by atoms with Crippen LogP contribution in [0.2, 0.25) is 0 Å². The molecule has 0 unspecified atom stereocenters. The summed E-state index contributed by atoms with van der Waals surface area (Å²) in [5, 5.41) is 0.847. The first-order valence-electron chi connectivity index (χ1n) is 6.20. The molecule has 1 heterocycles. The summed E-state index contributed by atoms with van der Waals surface area (Å²) in [6, 6.07) is 12.7. The fourth-order valence-corrected chi connectivity index (χ4v) is 2.91. The van der Waals surface area contributed by atoms with Crippen LogP contribution in [0, 0.1) is 6.92 Å². The molecule has 0 N–H and O–H groups in total. The molecule has 0 aliphatic carbocycles. The number of furan rings is 1. The van der Waals surface area contributed by atoms with Gasteiger partial charge in [0.15, 0.2) is 0 Å². The quantitative estimate of drug-likeness (QED) is 0.415. The molecule has 0 fully saturated rings. The maximum absolute atomic E-state index is 12.2. The highest BCUT2D eigenvalue weighted by atomic mass is 79.9. The van der Waals surface area contributed by atoms with Crippen molar-refractivity contribution in [3.63, 3.8) is 0 Å². The van der Waals surface area contributed by atoms with Crippen molar-refractivity contribution in [2.45, 2.75) is 6.92 Å². The highest BCUT2D eigenvalue weighted by molar-refractivity contribution is 9.10. The Morgan fingerprint density at radius 1 is 1.10 bits per heavy atom. The second-order valence-electron chi connectivity index (χ2n) is 4.62. The number of hydrogen-bond donors (Lipinski definition) is 0. The summed E-state index contributed by atoms with van der Waals surface area (Å²) in [5.41, 5.74) is 1.73. The van der Waals surface area contributed by atoms with Gasteiger partial charge in [-0.1, -0.05) is 22.0 Å². The van der Waals surface area contributed by atoms with Crippen LogP contribution < -0.4 is 4.74 Å². The summed E-state index contributed by atoms with van der Waals surface area (Å²) in [7, 11) is 0. The van der Waals surface area contributed by atoms with Gasteiger partial charge in [-0.3, -0.25) is 0 Å². The molecule has 3 rings (SSSR count). The lowest BCUT2D eigenvalue weighted by Crippen LogP contribution is -2.07. The normalized spacial score (nSPS) is 10.8. The van der Waals surface area contributed by atoms with Gasteiger partial charge in [0, 0.05) is 9.86 Å². The smallest absolute Gasteiger partial charge is 0.379 e. The maximum Gasteiger partial charge on any atom is 0.379 e. The van der Waals surface area contributed by atoms with Crippen LogP contribution in [-0.4, -0.2) is 5.97 Å². The molecule has 3 aromatic rings. The summed E-state index contributed by atoms with van der Waals surface area (Å²) >= 11 is 6.76. The molecule has 0 spiro atoms. The summed E-state index contributed by atoms with van der Waals surface area (Å²) < 4.78 is 12.5. The molecule has 0 atom stereocenters. The number of benzene rings is 2. The van der Waals surface area contributed by atoms with E-state index in [2.05, 4.69) is 31.9 Å². The molecule has 2 aromatic carbocycles. The van der Waals surface area contributed by atoms with E-state index in [9.17, 15) is 4.79 Å². The molecule has 0 bridgehead atoms. The maximum atomic E-state index is 12.2. The van der Waals surface area contributed by atoms with Gasteiger partial charge in [0.05, 0.1) is 4.47 Å². The van der Waals surface area contributed by atoms with E-state index in [1.165, 1.54) is 0 Å². The number of rotatable bonds is 2. The largest absolute Gasteiger partial charge is 0.449 e. The van der Waals surface area contributed by atoms with E-state index < -0.39 is 5.97 Å². The topological polar surface area (TPSA) is 39.4 Å². The number of carbonyl (C=O) groups is 1. The summed E-state index contributed by atoms with van der Waals surface area (Å²) in [5.74, 6) is 0.120. The summed E-state index contributed by atoms with van der Waals surface area (Å²) in [4.78, 5) is 12.2. The minimum atomic E-state index is -0.521. The Bertz CT molecular complexity index is 837. The summed E-state index contributed by atoms with van der Waals surface area (Å²) in [6.45, 7) is 1.97. The Morgan fingerprint density at radius 2 is 1.90 bits per heavy atom. The Balaban J connectivity index is 1.89. The number of hydrogen-bond acceptors (Lipinski definition) is 3. The third kappa shape index (κ3) is 3.04. The Labute approximate surface area is 138 Å². The number of fused-ring (bicyclic) bond motifs is 1. The zero-order chi connectivity index (χ0) is 15.0. The molecule has 5 heteroatoms. The van der Waals surface area contributed by atoms with Crippen molar-refractivity contribution >= 4 is 48.8 Å². The predicted molar refractivity (Wildman–Crippen MR) is 87.8 cm³/mol. The van der Waals surface area contributed by atoms with Crippen LogP contribution in [0.5, 0.6) is 5.75 Å². The summed E-state index contributed by atoms with van der Waals surface area (Å²) in [6.07, 6.45) is 0. The predicted octanol–water partition coefficient (Wildman–Crippen LogP) is 5.49. The fourth-order valence-electron chi connectivity index (χ4n) is 1.95. The molecule has 1 aromatic heterocycles. The van der Waals surface area contributed by atoms with Crippen LogP contribution in [0.3, 0.4) is 0 Å². The van der Waals surface area contributed by atoms with Gasteiger partial charge in [-0.05, 0) is 64.8 Å². The average molecular weight is 410 g/mol. The van der Waals surface area contributed by atoms with Gasteiger partial charge in [0.1, 0.15) is 11.3 Å². The highest BCUT2D eigenvalue weighted by Gasteiger charge is 2.16.